The van der Waals surface area contributed by atoms with Crippen molar-refractivity contribution >= 4 is 11.5 Å². The molecule has 0 amide bonds. The van der Waals surface area contributed by atoms with E-state index in [1.807, 2.05) is 0 Å². The lowest BCUT2D eigenvalue weighted by Crippen LogP contribution is -2.16. The SMILES string of the molecule is CC(O)C(=O)c1ccc(N)cc1O. The van der Waals surface area contributed by atoms with E-state index in [2.05, 4.69) is 0 Å². The third-order valence-corrected chi connectivity index (χ3v) is 1.67. The van der Waals surface area contributed by atoms with Crippen molar-refractivity contribution in [2.24, 2.45) is 0 Å². The van der Waals surface area contributed by atoms with E-state index in [1.54, 1.807) is 0 Å². The van der Waals surface area contributed by atoms with Crippen LogP contribution in [0.1, 0.15) is 17.3 Å². The minimum atomic E-state index is -1.12. The molecule has 1 aromatic carbocycles. The Balaban J connectivity index is 3.09. The molecule has 0 aliphatic heterocycles. The number of carbonyl (C=O) groups excluding carboxylic acids is 1. The first kappa shape index (κ1) is 9.54. The Kier molecular flexibility index (Phi) is 2.53. The number of nitrogens with two attached hydrogens (primary N) is 1. The van der Waals surface area contributed by atoms with Crippen LogP contribution in [0.3, 0.4) is 0 Å². The van der Waals surface area contributed by atoms with E-state index in [0.29, 0.717) is 5.69 Å². The number of rotatable bonds is 2. The van der Waals surface area contributed by atoms with Gasteiger partial charge in [-0.05, 0) is 19.1 Å². The van der Waals surface area contributed by atoms with Crippen molar-refractivity contribution in [3.05, 3.63) is 23.8 Å². The van der Waals surface area contributed by atoms with Crippen LogP contribution >= 0.6 is 0 Å². The summed E-state index contributed by atoms with van der Waals surface area (Å²) in [4.78, 5) is 11.2. The third-order valence-electron chi connectivity index (χ3n) is 1.67. The van der Waals surface area contributed by atoms with Crippen molar-refractivity contribution in [2.75, 3.05) is 5.73 Å². The van der Waals surface area contributed by atoms with Gasteiger partial charge in [-0.3, -0.25) is 4.79 Å². The molecule has 1 aromatic rings. The van der Waals surface area contributed by atoms with Gasteiger partial charge in [-0.2, -0.15) is 0 Å². The molecule has 0 aromatic heterocycles. The van der Waals surface area contributed by atoms with Gasteiger partial charge < -0.3 is 15.9 Å². The molecule has 0 heterocycles. The Morgan fingerprint density at radius 1 is 1.54 bits per heavy atom. The van der Waals surface area contributed by atoms with Gasteiger partial charge in [0.25, 0.3) is 0 Å². The first-order valence-electron chi connectivity index (χ1n) is 3.83. The van der Waals surface area contributed by atoms with E-state index in [-0.39, 0.29) is 11.3 Å². The number of benzene rings is 1. The summed E-state index contributed by atoms with van der Waals surface area (Å²) in [5.74, 6) is -0.719. The quantitative estimate of drug-likeness (QED) is 0.459. The smallest absolute Gasteiger partial charge is 0.194 e. The second-order valence-electron chi connectivity index (χ2n) is 2.82. The molecule has 0 fully saturated rings. The summed E-state index contributed by atoms with van der Waals surface area (Å²) in [6.45, 7) is 1.35. The molecule has 0 saturated carbocycles. The van der Waals surface area contributed by atoms with Gasteiger partial charge in [0.15, 0.2) is 5.78 Å². The number of nitrogen functional groups attached to an aromatic ring is 1. The van der Waals surface area contributed by atoms with E-state index < -0.39 is 11.9 Å². The van der Waals surface area contributed by atoms with Crippen molar-refractivity contribution in [2.45, 2.75) is 13.0 Å². The van der Waals surface area contributed by atoms with Crippen LogP contribution in [-0.2, 0) is 0 Å². The summed E-state index contributed by atoms with van der Waals surface area (Å²) in [7, 11) is 0. The fourth-order valence-corrected chi connectivity index (χ4v) is 0.982. The molecule has 0 radical (unpaired) electrons. The Morgan fingerprint density at radius 3 is 2.62 bits per heavy atom. The average Bonchev–Trinajstić information content (AvgIpc) is 2.03. The van der Waals surface area contributed by atoms with Crippen LogP contribution in [0, 0.1) is 0 Å². The molecule has 0 aliphatic carbocycles. The van der Waals surface area contributed by atoms with Crippen LogP contribution in [-0.4, -0.2) is 22.1 Å². The van der Waals surface area contributed by atoms with Crippen LogP contribution in [0.4, 0.5) is 5.69 Å². The average molecular weight is 181 g/mol. The highest BCUT2D eigenvalue weighted by Crippen LogP contribution is 2.21. The van der Waals surface area contributed by atoms with Gasteiger partial charge >= 0.3 is 0 Å². The highest BCUT2D eigenvalue weighted by atomic mass is 16.3. The molecular weight excluding hydrogens is 170 g/mol. The molecule has 4 heteroatoms. The second-order valence-corrected chi connectivity index (χ2v) is 2.82. The second kappa shape index (κ2) is 3.45. The molecule has 1 unspecified atom stereocenters. The third kappa shape index (κ3) is 1.97. The van der Waals surface area contributed by atoms with E-state index in [4.69, 9.17) is 10.8 Å². The number of phenols is 1. The summed E-state index contributed by atoms with van der Waals surface area (Å²) in [6, 6.07) is 4.16. The fraction of sp³-hybridized carbons (Fsp3) is 0.222. The van der Waals surface area contributed by atoms with Crippen LogP contribution in [0.5, 0.6) is 5.75 Å². The van der Waals surface area contributed by atoms with Gasteiger partial charge in [0.1, 0.15) is 11.9 Å². The number of hydrogen-bond acceptors (Lipinski definition) is 4. The summed E-state index contributed by atoms with van der Waals surface area (Å²) in [6.07, 6.45) is -1.12. The van der Waals surface area contributed by atoms with Gasteiger partial charge in [-0.25, -0.2) is 0 Å². The van der Waals surface area contributed by atoms with Crippen molar-refractivity contribution in [1.29, 1.82) is 0 Å². The summed E-state index contributed by atoms with van der Waals surface area (Å²) < 4.78 is 0. The molecule has 0 spiro atoms. The Morgan fingerprint density at radius 2 is 2.15 bits per heavy atom. The molecule has 0 bridgehead atoms. The number of anilines is 1. The highest BCUT2D eigenvalue weighted by Gasteiger charge is 2.15. The van der Waals surface area contributed by atoms with E-state index in [0.717, 1.165) is 0 Å². The van der Waals surface area contributed by atoms with Crippen LogP contribution < -0.4 is 5.73 Å². The number of aliphatic hydroxyl groups is 1. The molecular formula is C9H11NO3. The van der Waals surface area contributed by atoms with Crippen LogP contribution in [0.25, 0.3) is 0 Å². The molecule has 1 atom stereocenters. The first-order valence-corrected chi connectivity index (χ1v) is 3.83. The maximum absolute atomic E-state index is 11.2. The molecule has 1 rings (SSSR count). The Labute approximate surface area is 75.6 Å². The highest BCUT2D eigenvalue weighted by molar-refractivity contribution is 6.01. The zero-order valence-corrected chi connectivity index (χ0v) is 7.19. The normalized spacial score (nSPS) is 12.5. The zero-order chi connectivity index (χ0) is 10.0. The number of aromatic hydroxyl groups is 1. The number of carbonyl (C=O) groups is 1. The van der Waals surface area contributed by atoms with Gasteiger partial charge in [0, 0.05) is 11.8 Å². The molecule has 4 N–H and O–H groups in total. The van der Waals surface area contributed by atoms with Crippen molar-refractivity contribution in [1.82, 2.24) is 0 Å². The lowest BCUT2D eigenvalue weighted by atomic mass is 10.1. The van der Waals surface area contributed by atoms with Gasteiger partial charge in [-0.15, -0.1) is 0 Å². The minimum absolute atomic E-state index is 0.0872. The maximum Gasteiger partial charge on any atom is 0.194 e. The lowest BCUT2D eigenvalue weighted by molar-refractivity contribution is 0.0776. The number of Topliss-reactive ketones (excluding diaryl/α,β-unsaturated/α-hetero) is 1. The number of phenolic OH excluding ortho intramolecular Hbond substituents is 1. The van der Waals surface area contributed by atoms with Crippen LogP contribution in [0.2, 0.25) is 0 Å². The fourth-order valence-electron chi connectivity index (χ4n) is 0.982. The predicted octanol–water partition coefficient (Wildman–Crippen LogP) is 0.538. The van der Waals surface area contributed by atoms with Crippen molar-refractivity contribution in [3.63, 3.8) is 0 Å². The number of hydrogen-bond donors (Lipinski definition) is 3. The summed E-state index contributed by atoms with van der Waals surface area (Å²) >= 11 is 0. The van der Waals surface area contributed by atoms with Gasteiger partial charge in [0.2, 0.25) is 0 Å². The van der Waals surface area contributed by atoms with Crippen molar-refractivity contribution in [3.8, 4) is 5.75 Å². The Hall–Kier alpha value is -1.55. The van der Waals surface area contributed by atoms with Gasteiger partial charge in [0.05, 0.1) is 5.56 Å². The summed E-state index contributed by atoms with van der Waals surface area (Å²) in [5.41, 5.74) is 5.83. The van der Waals surface area contributed by atoms with Crippen molar-refractivity contribution < 1.29 is 15.0 Å². The number of aliphatic hydroxyl groups excluding tert-OH is 1. The predicted molar refractivity (Wildman–Crippen MR) is 48.5 cm³/mol. The molecule has 4 nitrogen and oxygen atoms in total. The largest absolute Gasteiger partial charge is 0.507 e. The minimum Gasteiger partial charge on any atom is -0.507 e. The molecule has 0 aliphatic rings. The van der Waals surface area contributed by atoms with Crippen LogP contribution in [0.15, 0.2) is 18.2 Å². The number of ketones is 1. The van der Waals surface area contributed by atoms with E-state index >= 15 is 0 Å². The monoisotopic (exact) mass is 181 g/mol. The molecule has 13 heavy (non-hydrogen) atoms. The van der Waals surface area contributed by atoms with Gasteiger partial charge in [-0.1, -0.05) is 0 Å². The topological polar surface area (TPSA) is 83.5 Å². The summed E-state index contributed by atoms with van der Waals surface area (Å²) in [5, 5.41) is 18.3. The van der Waals surface area contributed by atoms with E-state index in [1.165, 1.54) is 25.1 Å². The molecule has 70 valence electrons. The zero-order valence-electron chi connectivity index (χ0n) is 7.19. The Bertz CT molecular complexity index is 334. The maximum atomic E-state index is 11.2. The first-order chi connectivity index (χ1) is 6.02. The lowest BCUT2D eigenvalue weighted by Gasteiger charge is -2.05. The molecule has 0 saturated heterocycles. The standard InChI is InChI=1S/C9H11NO3/c1-5(11)9(13)7-3-2-6(10)4-8(7)12/h2-5,11-12H,10H2,1H3. The van der Waals surface area contributed by atoms with E-state index in [9.17, 15) is 9.90 Å².